The summed E-state index contributed by atoms with van der Waals surface area (Å²) in [5.41, 5.74) is -0.167. The molecule has 0 nitrogen and oxygen atoms in total. The van der Waals surface area contributed by atoms with Crippen LogP contribution in [-0.4, -0.2) is 6.18 Å². The maximum absolute atomic E-state index is 12.1. The smallest absolute Gasteiger partial charge is 0.166 e. The second kappa shape index (κ2) is 6.30. The van der Waals surface area contributed by atoms with Crippen LogP contribution in [0.25, 0.3) is 0 Å². The molecular weight excluding hydrogens is 249 g/mol. The summed E-state index contributed by atoms with van der Waals surface area (Å²) in [4.78, 5) is 0. The minimum absolute atomic E-state index is 0.294. The van der Waals surface area contributed by atoms with Crippen molar-refractivity contribution in [2.24, 2.45) is 0 Å². The van der Waals surface area contributed by atoms with Gasteiger partial charge in [-0.25, -0.2) is 0 Å². The van der Waals surface area contributed by atoms with Crippen molar-refractivity contribution in [2.75, 3.05) is 0 Å². The molecular formula is C13H12ClF3. The highest BCUT2D eigenvalue weighted by molar-refractivity contribution is 6.30. The lowest BCUT2D eigenvalue weighted by atomic mass is 10.1. The lowest BCUT2D eigenvalue weighted by Crippen LogP contribution is -2.08. The predicted octanol–water partition coefficient (Wildman–Crippen LogP) is 5.08. The normalized spacial score (nSPS) is 12.0. The summed E-state index contributed by atoms with van der Waals surface area (Å²) in [5, 5.41) is 0.294. The van der Waals surface area contributed by atoms with E-state index in [2.05, 4.69) is 26.3 Å². The molecule has 0 spiro atoms. The summed E-state index contributed by atoms with van der Waals surface area (Å²) < 4.78 is 36.3. The third-order valence-electron chi connectivity index (χ3n) is 1.73. The number of hydrogen-bond donors (Lipinski definition) is 0. The molecule has 0 saturated heterocycles. The molecule has 0 radical (unpaired) electrons. The van der Waals surface area contributed by atoms with Crippen molar-refractivity contribution in [3.05, 3.63) is 72.4 Å². The molecule has 92 valence electrons. The molecule has 0 amide bonds. The molecule has 0 bridgehead atoms. The van der Waals surface area contributed by atoms with Crippen molar-refractivity contribution in [3.63, 3.8) is 0 Å². The number of rotatable bonds is 5. The van der Waals surface area contributed by atoms with Crippen molar-refractivity contribution in [1.29, 1.82) is 0 Å². The number of alkyl halides is 3. The number of allylic oxidation sites excluding steroid dienone is 8. The maximum Gasteiger partial charge on any atom is 0.415 e. The number of halogens is 4. The Morgan fingerprint density at radius 3 is 1.59 bits per heavy atom. The molecule has 0 rings (SSSR count). The van der Waals surface area contributed by atoms with Crippen LogP contribution < -0.4 is 0 Å². The molecule has 0 aromatic heterocycles. The first-order chi connectivity index (χ1) is 7.64. The van der Waals surface area contributed by atoms with Crippen LogP contribution in [0.2, 0.25) is 0 Å². The molecule has 0 aliphatic carbocycles. The van der Waals surface area contributed by atoms with Crippen molar-refractivity contribution in [2.45, 2.75) is 6.18 Å². The zero-order chi connectivity index (χ0) is 13.6. The summed E-state index contributed by atoms with van der Waals surface area (Å²) in [6, 6.07) is 0. The Morgan fingerprint density at radius 1 is 0.824 bits per heavy atom. The van der Waals surface area contributed by atoms with Crippen LogP contribution in [-0.2, 0) is 0 Å². The Hall–Kier alpha value is -1.48. The van der Waals surface area contributed by atoms with Crippen molar-refractivity contribution in [1.82, 2.24) is 0 Å². The zero-order valence-corrected chi connectivity index (χ0v) is 9.91. The largest absolute Gasteiger partial charge is 0.415 e. The van der Waals surface area contributed by atoms with E-state index < -0.39 is 11.7 Å². The topological polar surface area (TPSA) is 0 Å². The van der Waals surface area contributed by atoms with Gasteiger partial charge < -0.3 is 0 Å². The van der Waals surface area contributed by atoms with Gasteiger partial charge >= 0.3 is 6.18 Å². The quantitative estimate of drug-likeness (QED) is 0.605. The minimum Gasteiger partial charge on any atom is -0.166 e. The van der Waals surface area contributed by atoms with E-state index in [-0.39, 0.29) is 0 Å². The fourth-order valence-electron chi connectivity index (χ4n) is 0.701. The first-order valence-corrected chi connectivity index (χ1v) is 4.87. The van der Waals surface area contributed by atoms with Gasteiger partial charge in [0.25, 0.3) is 0 Å². The second-order valence-corrected chi connectivity index (χ2v) is 3.67. The monoisotopic (exact) mass is 260 g/mol. The summed E-state index contributed by atoms with van der Waals surface area (Å²) >= 11 is 5.48. The predicted molar refractivity (Wildman–Crippen MR) is 66.7 cm³/mol. The lowest BCUT2D eigenvalue weighted by Gasteiger charge is -2.05. The van der Waals surface area contributed by atoms with Crippen LogP contribution in [0.15, 0.2) is 72.4 Å². The van der Waals surface area contributed by atoms with Gasteiger partial charge in [-0.05, 0) is 17.2 Å². The van der Waals surface area contributed by atoms with Crippen LogP contribution >= 0.6 is 11.6 Å². The molecule has 0 heterocycles. The third kappa shape index (κ3) is 6.64. The van der Waals surface area contributed by atoms with Crippen LogP contribution in [0.1, 0.15) is 0 Å². The highest BCUT2D eigenvalue weighted by Gasteiger charge is 2.29. The van der Waals surface area contributed by atoms with Gasteiger partial charge in [-0.15, -0.1) is 0 Å². The van der Waals surface area contributed by atoms with Crippen LogP contribution in [0.5, 0.6) is 0 Å². The van der Waals surface area contributed by atoms with E-state index >= 15 is 0 Å². The van der Waals surface area contributed by atoms with E-state index in [4.69, 9.17) is 11.6 Å². The molecule has 0 atom stereocenters. The SMILES string of the molecule is C=C(Cl)/C=C\C(=C)C(=C)/C=C\C(=C)C(F)(F)F. The minimum atomic E-state index is -4.43. The molecule has 0 saturated carbocycles. The Bertz CT molecular complexity index is 409. The van der Waals surface area contributed by atoms with Gasteiger partial charge in [-0.1, -0.05) is 56.1 Å². The standard InChI is InChI=1S/C13H12ClF3/c1-9(10(2)6-8-12(4)14)5-7-11(3)13(15,16)17/h5-8H,1-4H2/b7-5-,8-6-. The Kier molecular flexibility index (Phi) is 5.75. The second-order valence-electron chi connectivity index (χ2n) is 3.19. The van der Waals surface area contributed by atoms with E-state index in [1.165, 1.54) is 18.2 Å². The van der Waals surface area contributed by atoms with Gasteiger partial charge in [0.05, 0.1) is 0 Å². The molecule has 0 unspecified atom stereocenters. The molecule has 0 aromatic carbocycles. The summed E-state index contributed by atoms with van der Waals surface area (Å²) in [7, 11) is 0. The fraction of sp³-hybridized carbons (Fsp3) is 0.0769. The molecule has 0 aliphatic rings. The fourth-order valence-corrected chi connectivity index (χ4v) is 0.764. The average molecular weight is 261 g/mol. The average Bonchev–Trinajstić information content (AvgIpc) is 2.20. The van der Waals surface area contributed by atoms with Crippen molar-refractivity contribution >= 4 is 11.6 Å². The zero-order valence-electron chi connectivity index (χ0n) is 9.15. The summed E-state index contributed by atoms with van der Waals surface area (Å²) in [5.74, 6) is 0. The Balaban J connectivity index is 4.57. The van der Waals surface area contributed by atoms with Gasteiger partial charge in [-0.3, -0.25) is 0 Å². The summed E-state index contributed by atoms with van der Waals surface area (Å²) in [6.45, 7) is 13.5. The van der Waals surface area contributed by atoms with Crippen LogP contribution in [0.4, 0.5) is 13.2 Å². The molecule has 0 aromatic rings. The van der Waals surface area contributed by atoms with Gasteiger partial charge in [0.15, 0.2) is 0 Å². The van der Waals surface area contributed by atoms with Crippen LogP contribution in [0.3, 0.4) is 0 Å². The molecule has 17 heavy (non-hydrogen) atoms. The van der Waals surface area contributed by atoms with E-state index in [0.29, 0.717) is 16.2 Å². The highest BCUT2D eigenvalue weighted by atomic mass is 35.5. The third-order valence-corrected chi connectivity index (χ3v) is 1.85. The first-order valence-electron chi connectivity index (χ1n) is 4.49. The maximum atomic E-state index is 12.1. The van der Waals surface area contributed by atoms with E-state index in [0.717, 1.165) is 6.08 Å². The summed E-state index contributed by atoms with van der Waals surface area (Å²) in [6.07, 6.45) is 0.592. The van der Waals surface area contributed by atoms with Gasteiger partial charge in [-0.2, -0.15) is 13.2 Å². The van der Waals surface area contributed by atoms with Gasteiger partial charge in [0, 0.05) is 10.6 Å². The molecule has 4 heteroatoms. The van der Waals surface area contributed by atoms with Crippen molar-refractivity contribution < 1.29 is 13.2 Å². The number of hydrogen-bond acceptors (Lipinski definition) is 0. The Labute approximate surface area is 104 Å². The van der Waals surface area contributed by atoms with Gasteiger partial charge in [0.2, 0.25) is 0 Å². The molecule has 0 fully saturated rings. The van der Waals surface area contributed by atoms with Crippen LogP contribution in [0, 0.1) is 0 Å². The van der Waals surface area contributed by atoms with E-state index in [9.17, 15) is 13.2 Å². The molecule has 0 aliphatic heterocycles. The van der Waals surface area contributed by atoms with E-state index in [1.807, 2.05) is 0 Å². The Morgan fingerprint density at radius 2 is 1.24 bits per heavy atom. The van der Waals surface area contributed by atoms with E-state index in [1.54, 1.807) is 0 Å². The van der Waals surface area contributed by atoms with Gasteiger partial charge in [0.1, 0.15) is 0 Å². The molecule has 0 N–H and O–H groups in total. The van der Waals surface area contributed by atoms with Crippen molar-refractivity contribution in [3.8, 4) is 0 Å². The first kappa shape index (κ1) is 15.5. The highest BCUT2D eigenvalue weighted by Crippen LogP contribution is 2.25. The lowest BCUT2D eigenvalue weighted by molar-refractivity contribution is -0.0878.